The molecule has 0 saturated heterocycles. The third-order valence-electron chi connectivity index (χ3n) is 5.00. The molecule has 0 aliphatic heterocycles. The van der Waals surface area contributed by atoms with Crippen LogP contribution in [-0.2, 0) is 11.3 Å². The average molecular weight is 370 g/mol. The van der Waals surface area contributed by atoms with E-state index in [1.54, 1.807) is 43.2 Å². The Morgan fingerprint density at radius 3 is 2.59 bits per heavy atom. The zero-order chi connectivity index (χ0) is 19.2. The summed E-state index contributed by atoms with van der Waals surface area (Å²) < 4.78 is 12.1. The molecule has 1 heterocycles. The van der Waals surface area contributed by atoms with E-state index in [0.29, 0.717) is 23.4 Å². The van der Waals surface area contributed by atoms with Crippen molar-refractivity contribution in [3.8, 4) is 11.5 Å². The highest BCUT2D eigenvalue weighted by Crippen LogP contribution is 2.30. The Bertz CT molecular complexity index is 895. The first-order valence-electron chi connectivity index (χ1n) is 9.34. The first-order valence-corrected chi connectivity index (χ1v) is 9.34. The molecule has 1 N–H and O–H groups in total. The molecule has 0 bridgehead atoms. The van der Waals surface area contributed by atoms with Crippen molar-refractivity contribution >= 4 is 16.7 Å². The lowest BCUT2D eigenvalue weighted by Crippen LogP contribution is -2.35. The monoisotopic (exact) mass is 370 g/mol. The van der Waals surface area contributed by atoms with Crippen LogP contribution in [0, 0.1) is 0 Å². The first-order chi connectivity index (χ1) is 13.1. The van der Waals surface area contributed by atoms with Gasteiger partial charge in [-0.25, -0.2) is 0 Å². The lowest BCUT2D eigenvalue weighted by atomic mass is 9.95. The van der Waals surface area contributed by atoms with Gasteiger partial charge in [-0.1, -0.05) is 25.3 Å². The Kier molecular flexibility index (Phi) is 6.16. The number of hydrogen-bond acceptors (Lipinski definition) is 4. The maximum atomic E-state index is 12.7. The van der Waals surface area contributed by atoms with E-state index in [2.05, 4.69) is 5.32 Å². The van der Waals surface area contributed by atoms with Gasteiger partial charge < -0.3 is 19.4 Å². The van der Waals surface area contributed by atoms with Crippen LogP contribution in [0.2, 0.25) is 0 Å². The molecular weight excluding hydrogens is 344 g/mol. The van der Waals surface area contributed by atoms with Crippen LogP contribution in [0.1, 0.15) is 32.1 Å². The number of pyridine rings is 1. The zero-order valence-electron chi connectivity index (χ0n) is 15.9. The van der Waals surface area contributed by atoms with E-state index in [4.69, 9.17) is 9.47 Å². The van der Waals surface area contributed by atoms with Gasteiger partial charge >= 0.3 is 0 Å². The molecule has 0 unspecified atom stereocenters. The van der Waals surface area contributed by atoms with E-state index >= 15 is 0 Å². The molecule has 1 aromatic carbocycles. The standard InChI is InChI=1S/C21H26N2O4/c1-26-18-13-15-10-12-23(21(25)17(15)14-19(18)27-2)11-6-9-20(24)22-16-7-4-3-5-8-16/h6,9-10,12-14,16H,3-5,7-8,11H2,1-2H3,(H,22,24)/b9-6+. The van der Waals surface area contributed by atoms with Crippen LogP contribution >= 0.6 is 0 Å². The smallest absolute Gasteiger partial charge is 0.258 e. The summed E-state index contributed by atoms with van der Waals surface area (Å²) in [6, 6.07) is 5.61. The summed E-state index contributed by atoms with van der Waals surface area (Å²) in [5.41, 5.74) is -0.134. The van der Waals surface area contributed by atoms with Crippen molar-refractivity contribution in [2.75, 3.05) is 14.2 Å². The minimum absolute atomic E-state index is 0.0952. The van der Waals surface area contributed by atoms with Crippen LogP contribution < -0.4 is 20.3 Å². The third kappa shape index (κ3) is 4.51. The third-order valence-corrected chi connectivity index (χ3v) is 5.00. The van der Waals surface area contributed by atoms with Gasteiger partial charge in [-0.2, -0.15) is 0 Å². The molecule has 1 fully saturated rings. The topological polar surface area (TPSA) is 69.6 Å². The Balaban J connectivity index is 1.72. The summed E-state index contributed by atoms with van der Waals surface area (Å²) in [4.78, 5) is 24.8. The van der Waals surface area contributed by atoms with E-state index in [-0.39, 0.29) is 17.5 Å². The fourth-order valence-electron chi connectivity index (χ4n) is 3.52. The second-order valence-corrected chi connectivity index (χ2v) is 6.81. The maximum Gasteiger partial charge on any atom is 0.258 e. The molecule has 144 valence electrons. The Morgan fingerprint density at radius 1 is 1.19 bits per heavy atom. The van der Waals surface area contributed by atoms with Gasteiger partial charge in [0.2, 0.25) is 5.91 Å². The highest BCUT2D eigenvalue weighted by atomic mass is 16.5. The number of ether oxygens (including phenoxy) is 2. The van der Waals surface area contributed by atoms with E-state index in [1.165, 1.54) is 25.3 Å². The van der Waals surface area contributed by atoms with Crippen LogP contribution in [-0.4, -0.2) is 30.7 Å². The fraction of sp³-hybridized carbons (Fsp3) is 0.429. The number of nitrogens with one attached hydrogen (secondary N) is 1. The van der Waals surface area contributed by atoms with E-state index in [0.717, 1.165) is 18.2 Å². The predicted molar refractivity (Wildman–Crippen MR) is 105 cm³/mol. The molecule has 1 aliphatic carbocycles. The molecule has 0 radical (unpaired) electrons. The number of carbonyl (C=O) groups is 1. The predicted octanol–water partition coefficient (Wildman–Crippen LogP) is 3.02. The molecule has 2 aromatic rings. The van der Waals surface area contributed by atoms with Crippen LogP contribution in [0.3, 0.4) is 0 Å². The number of benzene rings is 1. The molecule has 3 rings (SSSR count). The molecule has 1 saturated carbocycles. The van der Waals surface area contributed by atoms with Crippen molar-refractivity contribution in [2.45, 2.75) is 44.7 Å². The second-order valence-electron chi connectivity index (χ2n) is 6.81. The highest BCUT2D eigenvalue weighted by Gasteiger charge is 2.14. The molecule has 27 heavy (non-hydrogen) atoms. The van der Waals surface area contributed by atoms with Gasteiger partial charge in [-0.05, 0) is 36.4 Å². The number of aromatic nitrogens is 1. The van der Waals surface area contributed by atoms with Gasteiger partial charge in [-0.15, -0.1) is 0 Å². The number of amides is 1. The van der Waals surface area contributed by atoms with Gasteiger partial charge in [-0.3, -0.25) is 9.59 Å². The van der Waals surface area contributed by atoms with Gasteiger partial charge in [0.1, 0.15) is 0 Å². The van der Waals surface area contributed by atoms with Crippen molar-refractivity contribution in [2.24, 2.45) is 0 Å². The van der Waals surface area contributed by atoms with Gasteiger partial charge in [0.25, 0.3) is 5.56 Å². The summed E-state index contributed by atoms with van der Waals surface area (Å²) in [7, 11) is 3.10. The maximum absolute atomic E-state index is 12.7. The Morgan fingerprint density at radius 2 is 1.89 bits per heavy atom. The molecule has 1 amide bonds. The van der Waals surface area contributed by atoms with Gasteiger partial charge in [0, 0.05) is 24.9 Å². The van der Waals surface area contributed by atoms with E-state index in [9.17, 15) is 9.59 Å². The van der Waals surface area contributed by atoms with Crippen LogP contribution in [0.25, 0.3) is 10.8 Å². The molecule has 0 spiro atoms. The van der Waals surface area contributed by atoms with Crippen LogP contribution in [0.15, 0.2) is 41.3 Å². The van der Waals surface area contributed by atoms with Crippen molar-refractivity contribution in [1.29, 1.82) is 0 Å². The van der Waals surface area contributed by atoms with E-state index < -0.39 is 0 Å². The molecule has 6 heteroatoms. The minimum Gasteiger partial charge on any atom is -0.493 e. The number of methoxy groups -OCH3 is 2. The fourth-order valence-corrected chi connectivity index (χ4v) is 3.52. The lowest BCUT2D eigenvalue weighted by Gasteiger charge is -2.21. The summed E-state index contributed by atoms with van der Waals surface area (Å²) in [5.74, 6) is 1.01. The van der Waals surface area contributed by atoms with Crippen molar-refractivity contribution in [1.82, 2.24) is 9.88 Å². The quantitative estimate of drug-likeness (QED) is 0.794. The van der Waals surface area contributed by atoms with Crippen molar-refractivity contribution in [3.63, 3.8) is 0 Å². The normalized spacial score (nSPS) is 15.2. The number of rotatable bonds is 6. The minimum atomic E-state index is -0.134. The first kappa shape index (κ1) is 19.0. The number of allylic oxidation sites excluding steroid dienone is 1. The number of nitrogens with zero attached hydrogens (tertiary/aromatic N) is 1. The SMILES string of the molecule is COc1cc2ccn(C/C=C/C(=O)NC3CCCCC3)c(=O)c2cc1OC. The molecule has 1 aromatic heterocycles. The molecule has 1 aliphatic rings. The van der Waals surface area contributed by atoms with Gasteiger partial charge in [0.05, 0.1) is 19.6 Å². The number of hydrogen-bond donors (Lipinski definition) is 1. The van der Waals surface area contributed by atoms with Crippen LogP contribution in [0.4, 0.5) is 0 Å². The highest BCUT2D eigenvalue weighted by molar-refractivity contribution is 5.87. The largest absolute Gasteiger partial charge is 0.493 e. The van der Waals surface area contributed by atoms with E-state index in [1.807, 2.05) is 6.07 Å². The van der Waals surface area contributed by atoms with Crippen molar-refractivity contribution < 1.29 is 14.3 Å². The summed E-state index contributed by atoms with van der Waals surface area (Å²) >= 11 is 0. The number of fused-ring (bicyclic) bond motifs is 1. The molecule has 0 atom stereocenters. The Labute approximate surface area is 158 Å². The summed E-state index contributed by atoms with van der Waals surface area (Å²) in [6.07, 6.45) is 10.7. The molecular formula is C21H26N2O4. The van der Waals surface area contributed by atoms with Crippen molar-refractivity contribution in [3.05, 3.63) is 46.9 Å². The van der Waals surface area contributed by atoms with Gasteiger partial charge in [0.15, 0.2) is 11.5 Å². The second kappa shape index (κ2) is 8.75. The number of carbonyl (C=O) groups excluding carboxylic acids is 1. The average Bonchev–Trinajstić information content (AvgIpc) is 2.69. The summed E-state index contributed by atoms with van der Waals surface area (Å²) in [6.45, 7) is 0.335. The molecule has 6 nitrogen and oxygen atoms in total. The summed E-state index contributed by atoms with van der Waals surface area (Å²) in [5, 5.41) is 4.37. The van der Waals surface area contributed by atoms with Crippen LogP contribution in [0.5, 0.6) is 11.5 Å². The lowest BCUT2D eigenvalue weighted by molar-refractivity contribution is -0.117. The zero-order valence-corrected chi connectivity index (χ0v) is 15.9. The Hall–Kier alpha value is -2.76.